The molecule has 210 valence electrons. The smallest absolute Gasteiger partial charge is 0.269 e. The number of nitro groups is 2. The Bertz CT molecular complexity index is 948. The standard InChI is InChI=1S/C26H36N6O4.2ClH/c27-25(21-11-15-23(16-12-21)31(33)34)29-19-9-7-5-3-1-2-4-6-8-10-20-30-26(28)22-13-17-24(18-14-22)32(35)36;;/h11-18H,1-10,19-20H2,(H2,27,29)(H2,28,30);2*1H. The number of non-ortho nitro benzene ring substituents is 2. The zero-order chi connectivity index (χ0) is 26.2. The van der Waals surface area contributed by atoms with Gasteiger partial charge in [-0.2, -0.15) is 0 Å². The summed E-state index contributed by atoms with van der Waals surface area (Å²) in [5.74, 6) is 0.842. The molecule has 4 N–H and O–H groups in total. The van der Waals surface area contributed by atoms with Gasteiger partial charge in [-0.3, -0.25) is 30.2 Å². The molecule has 0 aromatic heterocycles. The summed E-state index contributed by atoms with van der Waals surface area (Å²) in [5.41, 5.74) is 13.4. The average Bonchev–Trinajstić information content (AvgIpc) is 2.88. The van der Waals surface area contributed by atoms with Gasteiger partial charge in [0.25, 0.3) is 11.4 Å². The number of halogens is 2. The van der Waals surface area contributed by atoms with E-state index in [9.17, 15) is 20.2 Å². The molecule has 2 aromatic rings. The normalized spacial score (nSPS) is 11.4. The number of rotatable bonds is 17. The number of nitrogens with zero attached hydrogens (tertiary/aromatic N) is 4. The van der Waals surface area contributed by atoms with Crippen LogP contribution in [0.5, 0.6) is 0 Å². The van der Waals surface area contributed by atoms with Gasteiger partial charge in [0.05, 0.1) is 9.85 Å². The van der Waals surface area contributed by atoms with Crippen LogP contribution in [0.4, 0.5) is 11.4 Å². The molecule has 0 saturated carbocycles. The molecule has 38 heavy (non-hydrogen) atoms. The van der Waals surface area contributed by atoms with Gasteiger partial charge in [-0.15, -0.1) is 24.8 Å². The molecule has 0 aliphatic rings. The summed E-state index contributed by atoms with van der Waals surface area (Å²) in [6.07, 6.45) is 11.5. The van der Waals surface area contributed by atoms with Crippen LogP contribution < -0.4 is 11.5 Å². The maximum Gasteiger partial charge on any atom is 0.269 e. The molecule has 0 fully saturated rings. The van der Waals surface area contributed by atoms with Gasteiger partial charge in [0.1, 0.15) is 11.7 Å². The van der Waals surface area contributed by atoms with E-state index in [1.54, 1.807) is 24.3 Å². The molecule has 0 amide bonds. The second-order valence-electron chi connectivity index (χ2n) is 8.68. The fraction of sp³-hybridized carbons (Fsp3) is 0.462. The number of hydrogen-bond acceptors (Lipinski definition) is 6. The van der Waals surface area contributed by atoms with E-state index in [4.69, 9.17) is 11.5 Å². The highest BCUT2D eigenvalue weighted by Crippen LogP contribution is 2.14. The van der Waals surface area contributed by atoms with E-state index in [1.807, 2.05) is 0 Å². The number of aliphatic imine (C=N–C) groups is 2. The Morgan fingerprint density at radius 2 is 0.816 bits per heavy atom. The van der Waals surface area contributed by atoms with Crippen molar-refractivity contribution in [2.75, 3.05) is 13.1 Å². The molecular weight excluding hydrogens is 531 g/mol. The van der Waals surface area contributed by atoms with Crippen molar-refractivity contribution >= 4 is 47.9 Å². The molecule has 0 atom stereocenters. The van der Waals surface area contributed by atoms with Crippen molar-refractivity contribution in [3.05, 3.63) is 79.9 Å². The van der Waals surface area contributed by atoms with Crippen molar-refractivity contribution in [2.45, 2.75) is 64.2 Å². The van der Waals surface area contributed by atoms with Crippen molar-refractivity contribution < 1.29 is 9.85 Å². The Balaban J connectivity index is 0.00000684. The van der Waals surface area contributed by atoms with Crippen LogP contribution in [0, 0.1) is 20.2 Å². The SMILES string of the molecule is Cl.Cl.NC(=NCCCCCCCCCCCCN=C(N)c1ccc([N+](=O)[O-])cc1)c1ccc([N+](=O)[O-])cc1. The summed E-state index contributed by atoms with van der Waals surface area (Å²) in [4.78, 5) is 29.3. The molecule has 2 rings (SSSR count). The largest absolute Gasteiger partial charge is 0.384 e. The molecule has 0 radical (unpaired) electrons. The molecule has 0 bridgehead atoms. The highest BCUT2D eigenvalue weighted by molar-refractivity contribution is 5.98. The first-order chi connectivity index (χ1) is 17.4. The molecule has 12 heteroatoms. The second-order valence-corrected chi connectivity index (χ2v) is 8.68. The lowest BCUT2D eigenvalue weighted by Crippen LogP contribution is -2.14. The number of nitrogens with two attached hydrogens (primary N) is 2. The third kappa shape index (κ3) is 13.3. The Morgan fingerprint density at radius 3 is 1.08 bits per heavy atom. The molecule has 0 heterocycles. The first kappa shape index (κ1) is 34.8. The van der Waals surface area contributed by atoms with Gasteiger partial charge < -0.3 is 11.5 Å². The van der Waals surface area contributed by atoms with E-state index >= 15 is 0 Å². The van der Waals surface area contributed by atoms with Gasteiger partial charge >= 0.3 is 0 Å². The monoisotopic (exact) mass is 568 g/mol. The van der Waals surface area contributed by atoms with Crippen LogP contribution in [0.15, 0.2) is 58.5 Å². The first-order valence-corrected chi connectivity index (χ1v) is 12.5. The lowest BCUT2D eigenvalue weighted by Gasteiger charge is -2.03. The number of benzene rings is 2. The van der Waals surface area contributed by atoms with E-state index in [-0.39, 0.29) is 36.2 Å². The number of unbranched alkanes of at least 4 members (excludes halogenated alkanes) is 9. The highest BCUT2D eigenvalue weighted by Gasteiger charge is 2.06. The molecule has 0 spiro atoms. The molecule has 0 aliphatic carbocycles. The molecule has 0 unspecified atom stereocenters. The predicted octanol–water partition coefficient (Wildman–Crippen LogP) is 6.36. The second kappa shape index (κ2) is 19.8. The van der Waals surface area contributed by atoms with Crippen LogP contribution in [-0.4, -0.2) is 34.6 Å². The Hall–Kier alpha value is -3.24. The fourth-order valence-electron chi connectivity index (χ4n) is 3.73. The van der Waals surface area contributed by atoms with E-state index in [0.717, 1.165) is 25.7 Å². The molecule has 0 saturated heterocycles. The fourth-order valence-corrected chi connectivity index (χ4v) is 3.73. The zero-order valence-corrected chi connectivity index (χ0v) is 23.1. The summed E-state index contributed by atoms with van der Waals surface area (Å²) >= 11 is 0. The third-order valence-corrected chi connectivity index (χ3v) is 5.88. The van der Waals surface area contributed by atoms with Gasteiger partial charge in [0.15, 0.2) is 0 Å². The maximum atomic E-state index is 10.7. The van der Waals surface area contributed by atoms with Crippen molar-refractivity contribution in [3.8, 4) is 0 Å². The number of hydrogen-bond donors (Lipinski definition) is 2. The summed E-state index contributed by atoms with van der Waals surface area (Å²) in [7, 11) is 0. The summed E-state index contributed by atoms with van der Waals surface area (Å²) in [6, 6.07) is 12.3. The zero-order valence-electron chi connectivity index (χ0n) is 21.5. The number of amidine groups is 2. The Labute approximate surface area is 236 Å². The van der Waals surface area contributed by atoms with Crippen molar-refractivity contribution in [1.82, 2.24) is 0 Å². The minimum Gasteiger partial charge on any atom is -0.384 e. The summed E-state index contributed by atoms with van der Waals surface area (Å²) < 4.78 is 0. The minimum absolute atomic E-state index is 0. The van der Waals surface area contributed by atoms with Gasteiger partial charge in [-0.25, -0.2) is 0 Å². The minimum atomic E-state index is -0.433. The topological polar surface area (TPSA) is 163 Å². The van der Waals surface area contributed by atoms with Gasteiger partial charge in [0.2, 0.25) is 0 Å². The molecule has 0 aliphatic heterocycles. The van der Waals surface area contributed by atoms with Crippen LogP contribution in [0.2, 0.25) is 0 Å². The predicted molar refractivity (Wildman–Crippen MR) is 158 cm³/mol. The van der Waals surface area contributed by atoms with Crippen molar-refractivity contribution in [3.63, 3.8) is 0 Å². The Morgan fingerprint density at radius 1 is 0.553 bits per heavy atom. The Kier molecular flexibility index (Phi) is 18.1. The van der Waals surface area contributed by atoms with Crippen LogP contribution >= 0.6 is 24.8 Å². The van der Waals surface area contributed by atoms with Crippen LogP contribution in [0.3, 0.4) is 0 Å². The summed E-state index contributed by atoms with van der Waals surface area (Å²) in [6.45, 7) is 1.33. The van der Waals surface area contributed by atoms with Gasteiger partial charge in [0, 0.05) is 48.5 Å². The average molecular weight is 570 g/mol. The lowest BCUT2D eigenvalue weighted by atomic mass is 10.1. The molecular formula is C26H38Cl2N6O4. The third-order valence-electron chi connectivity index (χ3n) is 5.88. The van der Waals surface area contributed by atoms with Crippen LogP contribution in [-0.2, 0) is 0 Å². The van der Waals surface area contributed by atoms with E-state index in [0.29, 0.717) is 35.9 Å². The summed E-state index contributed by atoms with van der Waals surface area (Å²) in [5, 5.41) is 21.4. The van der Waals surface area contributed by atoms with Crippen LogP contribution in [0.1, 0.15) is 75.3 Å². The van der Waals surface area contributed by atoms with Crippen molar-refractivity contribution in [1.29, 1.82) is 0 Å². The van der Waals surface area contributed by atoms with Gasteiger partial charge in [-0.1, -0.05) is 51.4 Å². The number of nitro benzene ring substituents is 2. The first-order valence-electron chi connectivity index (χ1n) is 12.5. The van der Waals surface area contributed by atoms with E-state index in [2.05, 4.69) is 9.98 Å². The van der Waals surface area contributed by atoms with Gasteiger partial charge in [-0.05, 0) is 37.1 Å². The van der Waals surface area contributed by atoms with E-state index in [1.165, 1.54) is 62.8 Å². The quantitative estimate of drug-likeness (QED) is 0.0740. The maximum absolute atomic E-state index is 10.7. The molecule has 10 nitrogen and oxygen atoms in total. The highest BCUT2D eigenvalue weighted by atomic mass is 35.5. The van der Waals surface area contributed by atoms with Crippen LogP contribution in [0.25, 0.3) is 0 Å². The lowest BCUT2D eigenvalue weighted by molar-refractivity contribution is -0.385. The van der Waals surface area contributed by atoms with E-state index < -0.39 is 9.85 Å². The van der Waals surface area contributed by atoms with Crippen molar-refractivity contribution in [2.24, 2.45) is 21.5 Å². The molecule has 2 aromatic carbocycles.